The molecule has 0 unspecified atom stereocenters. The van der Waals surface area contributed by atoms with Crippen molar-refractivity contribution < 1.29 is 28.7 Å². The summed E-state index contributed by atoms with van der Waals surface area (Å²) >= 11 is 0. The van der Waals surface area contributed by atoms with Gasteiger partial charge in [-0.15, -0.1) is 0 Å². The van der Waals surface area contributed by atoms with Crippen LogP contribution in [0.2, 0.25) is 0 Å². The number of carbonyl (C=O) groups is 4. The van der Waals surface area contributed by atoms with Crippen LogP contribution in [0.1, 0.15) is 23.2 Å². The van der Waals surface area contributed by atoms with Crippen molar-refractivity contribution >= 4 is 35.4 Å². The average Bonchev–Trinajstić information content (AvgIpc) is 3.05. The van der Waals surface area contributed by atoms with Crippen molar-refractivity contribution in [3.63, 3.8) is 0 Å². The molecule has 4 amide bonds. The molecule has 4 aromatic rings. The summed E-state index contributed by atoms with van der Waals surface area (Å²) in [6.07, 6.45) is 1.89. The number of esters is 2. The fourth-order valence-electron chi connectivity index (χ4n) is 4.07. The van der Waals surface area contributed by atoms with Gasteiger partial charge < -0.3 is 30.7 Å². The SMILES string of the molecule is O=C(Nc1ccccc1)N[C@H](COC(=O)/C=C/C(=O)OC[C@@H](NC(=O)Nc1ccccc1)c1ccccc1)c1ccccc1. The molecular formula is C34H32N4O6. The van der Waals surface area contributed by atoms with Crippen LogP contribution in [0.5, 0.6) is 0 Å². The Balaban J connectivity index is 1.29. The zero-order chi connectivity index (χ0) is 31.0. The summed E-state index contributed by atoms with van der Waals surface area (Å²) < 4.78 is 10.6. The molecule has 0 saturated carbocycles. The molecule has 0 spiro atoms. The Kier molecular flexibility index (Phi) is 11.7. The van der Waals surface area contributed by atoms with Crippen LogP contribution >= 0.6 is 0 Å². The molecule has 0 fully saturated rings. The van der Waals surface area contributed by atoms with Gasteiger partial charge in [0.15, 0.2) is 0 Å². The number of amides is 4. The van der Waals surface area contributed by atoms with E-state index in [9.17, 15) is 19.2 Å². The van der Waals surface area contributed by atoms with E-state index >= 15 is 0 Å². The van der Waals surface area contributed by atoms with Crippen LogP contribution in [0.3, 0.4) is 0 Å². The minimum atomic E-state index is -0.798. The average molecular weight is 593 g/mol. The lowest BCUT2D eigenvalue weighted by molar-refractivity contribution is -0.141. The highest BCUT2D eigenvalue weighted by molar-refractivity contribution is 5.92. The summed E-state index contributed by atoms with van der Waals surface area (Å²) in [6, 6.07) is 33.7. The van der Waals surface area contributed by atoms with E-state index in [1.807, 2.05) is 24.3 Å². The second-order valence-electron chi connectivity index (χ2n) is 9.45. The number of nitrogens with one attached hydrogen (secondary N) is 4. The molecule has 0 aliphatic heterocycles. The van der Waals surface area contributed by atoms with Gasteiger partial charge in [0.1, 0.15) is 13.2 Å². The number of rotatable bonds is 12. The van der Waals surface area contributed by atoms with Gasteiger partial charge >= 0.3 is 24.0 Å². The number of urea groups is 2. The third-order valence-electron chi connectivity index (χ3n) is 6.22. The molecule has 2 atom stereocenters. The van der Waals surface area contributed by atoms with Crippen molar-refractivity contribution in [3.05, 3.63) is 145 Å². The van der Waals surface area contributed by atoms with Crippen LogP contribution in [-0.2, 0) is 19.1 Å². The van der Waals surface area contributed by atoms with Crippen LogP contribution < -0.4 is 21.3 Å². The third-order valence-corrected chi connectivity index (χ3v) is 6.22. The standard InChI is InChI=1S/C34H32N4O6/c39-31(43-23-29(25-13-5-1-6-14-25)37-33(41)35-27-17-9-3-10-18-27)21-22-32(40)44-24-30(26-15-7-2-8-16-26)38-34(42)36-28-19-11-4-12-20-28/h1-22,29-30H,23-24H2,(H2,35,37,41)(H2,36,38,42)/b22-21+/t29-,30-/m1/s1. The lowest BCUT2D eigenvalue weighted by Crippen LogP contribution is -2.35. The fraction of sp³-hybridized carbons (Fsp3) is 0.118. The molecule has 10 heteroatoms. The first-order valence-electron chi connectivity index (χ1n) is 13.8. The van der Waals surface area contributed by atoms with Crippen LogP contribution in [0.4, 0.5) is 21.0 Å². The molecule has 4 rings (SSSR count). The van der Waals surface area contributed by atoms with Crippen LogP contribution in [-0.4, -0.2) is 37.2 Å². The zero-order valence-corrected chi connectivity index (χ0v) is 23.7. The Labute approximate surface area is 255 Å². The van der Waals surface area contributed by atoms with E-state index < -0.39 is 36.1 Å². The van der Waals surface area contributed by atoms with Crippen molar-refractivity contribution in [2.24, 2.45) is 0 Å². The van der Waals surface area contributed by atoms with E-state index in [0.29, 0.717) is 11.4 Å². The predicted octanol–water partition coefficient (Wildman–Crippen LogP) is 5.76. The van der Waals surface area contributed by atoms with Gasteiger partial charge in [-0.25, -0.2) is 19.2 Å². The molecule has 10 nitrogen and oxygen atoms in total. The van der Waals surface area contributed by atoms with Crippen molar-refractivity contribution in [2.45, 2.75) is 12.1 Å². The molecule has 0 radical (unpaired) electrons. The van der Waals surface area contributed by atoms with E-state index in [1.54, 1.807) is 97.1 Å². The maximum absolute atomic E-state index is 12.6. The number of hydrogen-bond donors (Lipinski definition) is 4. The molecule has 0 aliphatic rings. The van der Waals surface area contributed by atoms with E-state index in [4.69, 9.17) is 9.47 Å². The normalized spacial score (nSPS) is 11.9. The van der Waals surface area contributed by atoms with E-state index in [0.717, 1.165) is 23.3 Å². The highest BCUT2D eigenvalue weighted by Gasteiger charge is 2.18. The van der Waals surface area contributed by atoms with Gasteiger partial charge in [-0.1, -0.05) is 97.1 Å². The Morgan fingerprint density at radius 2 is 0.818 bits per heavy atom. The molecular weight excluding hydrogens is 560 g/mol. The first-order valence-corrected chi connectivity index (χ1v) is 13.8. The largest absolute Gasteiger partial charge is 0.460 e. The summed E-state index contributed by atoms with van der Waals surface area (Å²) in [7, 11) is 0. The van der Waals surface area contributed by atoms with Crippen molar-refractivity contribution in [2.75, 3.05) is 23.8 Å². The molecule has 0 saturated heterocycles. The molecule has 0 aliphatic carbocycles. The molecule has 0 bridgehead atoms. The lowest BCUT2D eigenvalue weighted by Gasteiger charge is -2.19. The quantitative estimate of drug-likeness (QED) is 0.122. The maximum Gasteiger partial charge on any atom is 0.331 e. The molecule has 44 heavy (non-hydrogen) atoms. The maximum atomic E-state index is 12.6. The van der Waals surface area contributed by atoms with Gasteiger partial charge in [-0.05, 0) is 35.4 Å². The fourth-order valence-corrected chi connectivity index (χ4v) is 4.07. The highest BCUT2D eigenvalue weighted by Crippen LogP contribution is 2.16. The van der Waals surface area contributed by atoms with E-state index in [1.165, 1.54) is 0 Å². The number of ether oxygens (including phenoxy) is 2. The number of benzene rings is 4. The Morgan fingerprint density at radius 1 is 0.500 bits per heavy atom. The van der Waals surface area contributed by atoms with Gasteiger partial charge in [0.05, 0.1) is 12.1 Å². The topological polar surface area (TPSA) is 135 Å². The molecule has 0 aromatic heterocycles. The molecule has 4 aromatic carbocycles. The smallest absolute Gasteiger partial charge is 0.331 e. The van der Waals surface area contributed by atoms with Crippen molar-refractivity contribution in [1.29, 1.82) is 0 Å². The Hall–Kier alpha value is -5.90. The molecule has 0 heterocycles. The predicted molar refractivity (Wildman–Crippen MR) is 167 cm³/mol. The van der Waals surface area contributed by atoms with Crippen LogP contribution in [0, 0.1) is 0 Å². The minimum Gasteiger partial charge on any atom is -0.460 e. The summed E-state index contributed by atoms with van der Waals surface area (Å²) in [5.74, 6) is -1.60. The monoisotopic (exact) mass is 592 g/mol. The first kappa shape index (κ1) is 31.0. The van der Waals surface area contributed by atoms with E-state index in [-0.39, 0.29) is 13.2 Å². The lowest BCUT2D eigenvalue weighted by atomic mass is 10.1. The Morgan fingerprint density at radius 3 is 1.16 bits per heavy atom. The number of carbonyl (C=O) groups excluding carboxylic acids is 4. The second kappa shape index (κ2) is 16.5. The minimum absolute atomic E-state index is 0.180. The summed E-state index contributed by atoms with van der Waals surface area (Å²) in [4.78, 5) is 50.0. The van der Waals surface area contributed by atoms with Crippen molar-refractivity contribution in [1.82, 2.24) is 10.6 Å². The number of hydrogen-bond acceptors (Lipinski definition) is 6. The zero-order valence-electron chi connectivity index (χ0n) is 23.7. The highest BCUT2D eigenvalue weighted by atomic mass is 16.5. The van der Waals surface area contributed by atoms with Crippen LogP contribution in [0.15, 0.2) is 133 Å². The summed E-state index contributed by atoms with van der Waals surface area (Å²) in [5.41, 5.74) is 2.67. The van der Waals surface area contributed by atoms with Gasteiger partial charge in [-0.2, -0.15) is 0 Å². The van der Waals surface area contributed by atoms with Gasteiger partial charge in [0.2, 0.25) is 0 Å². The number of anilines is 2. The summed E-state index contributed by atoms with van der Waals surface area (Å²) in [6.45, 7) is -0.359. The number of para-hydroxylation sites is 2. The second-order valence-corrected chi connectivity index (χ2v) is 9.45. The van der Waals surface area contributed by atoms with E-state index in [2.05, 4.69) is 21.3 Å². The molecule has 224 valence electrons. The van der Waals surface area contributed by atoms with Gasteiger partial charge in [-0.3, -0.25) is 0 Å². The van der Waals surface area contributed by atoms with Gasteiger partial charge in [0.25, 0.3) is 0 Å². The van der Waals surface area contributed by atoms with Crippen molar-refractivity contribution in [3.8, 4) is 0 Å². The summed E-state index contributed by atoms with van der Waals surface area (Å²) in [5, 5.41) is 11.1. The third kappa shape index (κ3) is 10.5. The Bertz CT molecular complexity index is 1420. The first-order chi connectivity index (χ1) is 21.5. The van der Waals surface area contributed by atoms with Crippen LogP contribution in [0.25, 0.3) is 0 Å². The van der Waals surface area contributed by atoms with Gasteiger partial charge in [0, 0.05) is 23.5 Å². The molecule has 4 N–H and O–H groups in total.